The molecule has 0 aromatic carbocycles. The molecule has 2 aliphatic rings. The third-order valence-electron chi connectivity index (χ3n) is 6.99. The molecule has 10 atom stereocenters. The van der Waals surface area contributed by atoms with Gasteiger partial charge in [-0.05, 0) is 6.42 Å². The second kappa shape index (κ2) is 17.2. The third-order valence-corrected chi connectivity index (χ3v) is 6.99. The zero-order valence-corrected chi connectivity index (χ0v) is 21.4. The Balaban J connectivity index is 1.71. The molecular formula is C25H48O11. The highest BCUT2D eigenvalue weighted by Gasteiger charge is 2.50. The first-order chi connectivity index (χ1) is 17.3. The van der Waals surface area contributed by atoms with Crippen molar-refractivity contribution in [3.63, 3.8) is 0 Å². The highest BCUT2D eigenvalue weighted by molar-refractivity contribution is 4.94. The van der Waals surface area contributed by atoms with Gasteiger partial charge in [0, 0.05) is 6.61 Å². The highest BCUT2D eigenvalue weighted by atomic mass is 16.7. The molecule has 2 fully saturated rings. The molecule has 0 radical (unpaired) electrons. The van der Waals surface area contributed by atoms with E-state index in [2.05, 4.69) is 6.92 Å². The predicted octanol–water partition coefficient (Wildman–Crippen LogP) is -0.0619. The minimum Gasteiger partial charge on any atom is -0.394 e. The van der Waals surface area contributed by atoms with Crippen LogP contribution in [-0.4, -0.2) is 117 Å². The van der Waals surface area contributed by atoms with Gasteiger partial charge in [-0.3, -0.25) is 0 Å². The lowest BCUT2D eigenvalue weighted by molar-refractivity contribution is -0.359. The van der Waals surface area contributed by atoms with Crippen LogP contribution < -0.4 is 0 Å². The minimum atomic E-state index is -1.69. The number of hydrogen-bond acceptors (Lipinski definition) is 11. The zero-order chi connectivity index (χ0) is 26.5. The molecule has 0 amide bonds. The van der Waals surface area contributed by atoms with Gasteiger partial charge in [-0.15, -0.1) is 0 Å². The summed E-state index contributed by atoms with van der Waals surface area (Å²) in [5, 5.41) is 70.2. The van der Waals surface area contributed by atoms with Gasteiger partial charge >= 0.3 is 0 Å². The van der Waals surface area contributed by atoms with E-state index >= 15 is 0 Å². The fourth-order valence-corrected chi connectivity index (χ4v) is 4.66. The van der Waals surface area contributed by atoms with Crippen molar-refractivity contribution in [3.05, 3.63) is 0 Å². The molecule has 0 aromatic rings. The fraction of sp³-hybridized carbons (Fsp3) is 1.00. The number of rotatable bonds is 17. The monoisotopic (exact) mass is 524 g/mol. The second-order valence-electron chi connectivity index (χ2n) is 9.91. The van der Waals surface area contributed by atoms with Crippen LogP contribution in [0, 0.1) is 0 Å². The minimum absolute atomic E-state index is 0.321. The molecule has 2 heterocycles. The summed E-state index contributed by atoms with van der Waals surface area (Å²) < 4.78 is 22.1. The molecule has 2 rings (SSSR count). The van der Waals surface area contributed by atoms with E-state index in [1.54, 1.807) is 0 Å². The van der Waals surface area contributed by atoms with E-state index in [0.717, 1.165) is 19.3 Å². The predicted molar refractivity (Wildman–Crippen MR) is 129 cm³/mol. The van der Waals surface area contributed by atoms with Gasteiger partial charge in [-0.25, -0.2) is 0 Å². The van der Waals surface area contributed by atoms with E-state index in [1.165, 1.54) is 51.4 Å². The summed E-state index contributed by atoms with van der Waals surface area (Å²) in [5.41, 5.74) is 0. The molecule has 0 bridgehead atoms. The van der Waals surface area contributed by atoms with Crippen molar-refractivity contribution in [2.24, 2.45) is 0 Å². The van der Waals surface area contributed by atoms with Gasteiger partial charge in [0.1, 0.15) is 48.8 Å². The summed E-state index contributed by atoms with van der Waals surface area (Å²) in [6.07, 6.45) is -1.24. The Hall–Kier alpha value is -0.440. The second-order valence-corrected chi connectivity index (χ2v) is 9.91. The lowest BCUT2D eigenvalue weighted by Gasteiger charge is -2.45. The van der Waals surface area contributed by atoms with Crippen LogP contribution in [0.4, 0.5) is 0 Å². The van der Waals surface area contributed by atoms with Gasteiger partial charge in [0.15, 0.2) is 12.6 Å². The topological polar surface area (TPSA) is 179 Å². The molecule has 2 aliphatic heterocycles. The van der Waals surface area contributed by atoms with Crippen LogP contribution in [0.2, 0.25) is 0 Å². The summed E-state index contributed by atoms with van der Waals surface area (Å²) in [6, 6.07) is 0. The molecule has 2 saturated heterocycles. The maximum atomic E-state index is 10.6. The molecule has 4 unspecified atom stereocenters. The van der Waals surface area contributed by atoms with Crippen LogP contribution >= 0.6 is 0 Å². The number of hydrogen-bond donors (Lipinski definition) is 7. The van der Waals surface area contributed by atoms with E-state index in [0.29, 0.717) is 6.61 Å². The Morgan fingerprint density at radius 1 is 0.556 bits per heavy atom. The number of ether oxygens (including phenoxy) is 4. The molecule has 11 nitrogen and oxygen atoms in total. The third kappa shape index (κ3) is 9.39. The van der Waals surface area contributed by atoms with Crippen molar-refractivity contribution in [2.75, 3.05) is 19.8 Å². The summed E-state index contributed by atoms with van der Waals surface area (Å²) in [6.45, 7) is 1.32. The molecule has 0 spiro atoms. The fourth-order valence-electron chi connectivity index (χ4n) is 4.66. The maximum absolute atomic E-state index is 10.6. The Kier molecular flexibility index (Phi) is 15.2. The average molecular weight is 525 g/mol. The van der Waals surface area contributed by atoms with Crippen LogP contribution in [0.3, 0.4) is 0 Å². The lowest BCUT2D eigenvalue weighted by atomic mass is 9.97. The van der Waals surface area contributed by atoms with Crippen LogP contribution in [0.15, 0.2) is 0 Å². The molecule has 0 saturated carbocycles. The number of aliphatic hydroxyl groups excluding tert-OH is 7. The highest BCUT2D eigenvalue weighted by Crippen LogP contribution is 2.29. The quantitative estimate of drug-likeness (QED) is 0.127. The van der Waals surface area contributed by atoms with Gasteiger partial charge in [-0.2, -0.15) is 0 Å². The van der Waals surface area contributed by atoms with Crippen molar-refractivity contribution in [2.45, 2.75) is 139 Å². The van der Waals surface area contributed by atoms with Crippen molar-refractivity contribution < 1.29 is 54.7 Å². The molecule has 11 heteroatoms. The van der Waals surface area contributed by atoms with Crippen LogP contribution in [-0.2, 0) is 18.9 Å². The van der Waals surface area contributed by atoms with E-state index in [4.69, 9.17) is 18.9 Å². The lowest BCUT2D eigenvalue weighted by Crippen LogP contribution is -2.64. The van der Waals surface area contributed by atoms with E-state index in [9.17, 15) is 35.7 Å². The van der Waals surface area contributed by atoms with E-state index in [1.807, 2.05) is 0 Å². The first kappa shape index (κ1) is 31.8. The van der Waals surface area contributed by atoms with E-state index < -0.39 is 74.6 Å². The van der Waals surface area contributed by atoms with Crippen LogP contribution in [0.5, 0.6) is 0 Å². The van der Waals surface area contributed by atoms with E-state index in [-0.39, 0.29) is 0 Å². The first-order valence-electron chi connectivity index (χ1n) is 13.6. The van der Waals surface area contributed by atoms with Crippen molar-refractivity contribution in [1.82, 2.24) is 0 Å². The largest absolute Gasteiger partial charge is 0.394 e. The molecule has 0 aliphatic carbocycles. The van der Waals surface area contributed by atoms with Gasteiger partial charge in [0.2, 0.25) is 0 Å². The van der Waals surface area contributed by atoms with Gasteiger partial charge < -0.3 is 54.7 Å². The number of unbranched alkanes of at least 4 members (excludes halogenated alkanes) is 10. The van der Waals surface area contributed by atoms with Crippen molar-refractivity contribution in [1.29, 1.82) is 0 Å². The SMILES string of the molecule is CCCCCCCCCCCCCO[C@H]1OC(CO)[C@H](O[C@@H]2OC(CO)[C@H](O)[C@@H](O)C2O)[C@@H](O)C1O. The van der Waals surface area contributed by atoms with Gasteiger partial charge in [0.25, 0.3) is 0 Å². The normalized spacial score (nSPS) is 37.3. The average Bonchev–Trinajstić information content (AvgIpc) is 2.88. The molecule has 7 N–H and O–H groups in total. The Morgan fingerprint density at radius 2 is 1.06 bits per heavy atom. The summed E-state index contributed by atoms with van der Waals surface area (Å²) >= 11 is 0. The van der Waals surface area contributed by atoms with Crippen molar-refractivity contribution >= 4 is 0 Å². The molecule has 36 heavy (non-hydrogen) atoms. The molecular weight excluding hydrogens is 476 g/mol. The Labute approximate surface area is 214 Å². The summed E-state index contributed by atoms with van der Waals surface area (Å²) in [4.78, 5) is 0. The zero-order valence-electron chi connectivity index (χ0n) is 21.4. The first-order valence-corrected chi connectivity index (χ1v) is 13.6. The van der Waals surface area contributed by atoms with Crippen LogP contribution in [0.25, 0.3) is 0 Å². The maximum Gasteiger partial charge on any atom is 0.187 e. The Bertz CT molecular complexity index is 564. The summed E-state index contributed by atoms with van der Waals surface area (Å²) in [5.74, 6) is 0. The molecule has 214 valence electrons. The Morgan fingerprint density at radius 3 is 1.61 bits per heavy atom. The van der Waals surface area contributed by atoms with Gasteiger partial charge in [-0.1, -0.05) is 71.1 Å². The smallest absolute Gasteiger partial charge is 0.187 e. The molecule has 0 aromatic heterocycles. The van der Waals surface area contributed by atoms with Crippen molar-refractivity contribution in [3.8, 4) is 0 Å². The summed E-state index contributed by atoms with van der Waals surface area (Å²) in [7, 11) is 0. The van der Waals surface area contributed by atoms with Gasteiger partial charge in [0.05, 0.1) is 13.2 Å². The standard InChI is InChI=1S/C25H48O11/c1-2-3-4-5-6-7-8-9-10-11-12-13-33-24-22(32)20(30)23(17(15-27)35-24)36-25-21(31)19(29)18(28)16(14-26)34-25/h16-32H,2-15H2,1H3/t16?,17?,18-,19+,20-,21?,22?,23-,24-,25-/m0/s1. The van der Waals surface area contributed by atoms with Crippen LogP contribution in [0.1, 0.15) is 77.6 Å². The number of aliphatic hydroxyl groups is 7.